The number of hydrogen-bond acceptors (Lipinski definition) is 5. The third-order valence-electron chi connectivity index (χ3n) is 2.96. The van der Waals surface area contributed by atoms with Gasteiger partial charge in [-0.25, -0.2) is 9.78 Å². The summed E-state index contributed by atoms with van der Waals surface area (Å²) < 4.78 is 5.06. The van der Waals surface area contributed by atoms with Crippen molar-refractivity contribution in [2.24, 2.45) is 10.9 Å². The summed E-state index contributed by atoms with van der Waals surface area (Å²) in [7, 11) is 0. The van der Waals surface area contributed by atoms with Crippen molar-refractivity contribution in [3.8, 4) is 0 Å². The smallest absolute Gasteiger partial charge is 0.350 e. The molecule has 1 atom stereocenters. The summed E-state index contributed by atoms with van der Waals surface area (Å²) >= 11 is 1.37. The van der Waals surface area contributed by atoms with Crippen LogP contribution in [0.15, 0.2) is 4.99 Å². The number of esters is 1. The third kappa shape index (κ3) is 6.17. The molecule has 0 bridgehead atoms. The maximum absolute atomic E-state index is 11.9. The van der Waals surface area contributed by atoms with Crippen molar-refractivity contribution >= 4 is 23.3 Å². The molecule has 0 saturated carbocycles. The van der Waals surface area contributed by atoms with Gasteiger partial charge in [-0.15, -0.1) is 11.3 Å². The van der Waals surface area contributed by atoms with Crippen LogP contribution in [0, 0.1) is 12.8 Å². The molecule has 1 heterocycles. The fourth-order valence-electron chi connectivity index (χ4n) is 1.85. The standard InChI is InChI=1S/C16H28N4O2S/c1-7-17-16(18-9-10(3)4)20-12(6)14-19-11(5)13(23-14)15(21)22-8-2/h10,12H,7-9H2,1-6H3,(H2,17,18,20). The van der Waals surface area contributed by atoms with Crippen LogP contribution in [-0.2, 0) is 4.74 Å². The molecule has 0 aliphatic heterocycles. The number of thiazole rings is 1. The van der Waals surface area contributed by atoms with Gasteiger partial charge in [0.25, 0.3) is 0 Å². The maximum atomic E-state index is 11.9. The minimum atomic E-state index is -0.304. The van der Waals surface area contributed by atoms with Gasteiger partial charge in [0.1, 0.15) is 9.88 Å². The average Bonchev–Trinajstić information content (AvgIpc) is 2.87. The van der Waals surface area contributed by atoms with E-state index in [0.29, 0.717) is 23.1 Å². The summed E-state index contributed by atoms with van der Waals surface area (Å²) in [6.07, 6.45) is 0. The number of ether oxygens (including phenoxy) is 1. The number of hydrogen-bond donors (Lipinski definition) is 2. The van der Waals surface area contributed by atoms with Crippen LogP contribution in [0.4, 0.5) is 0 Å². The minimum Gasteiger partial charge on any atom is -0.462 e. The van der Waals surface area contributed by atoms with Gasteiger partial charge in [0, 0.05) is 13.1 Å². The Balaban J connectivity index is 2.83. The molecule has 2 N–H and O–H groups in total. The van der Waals surface area contributed by atoms with Gasteiger partial charge in [0.15, 0.2) is 5.96 Å². The highest BCUT2D eigenvalue weighted by atomic mass is 32.1. The quantitative estimate of drug-likeness (QED) is 0.453. The van der Waals surface area contributed by atoms with Crippen molar-refractivity contribution in [2.45, 2.75) is 47.6 Å². The van der Waals surface area contributed by atoms with Crippen molar-refractivity contribution in [2.75, 3.05) is 19.7 Å². The molecule has 1 aromatic heterocycles. The van der Waals surface area contributed by atoms with Crippen LogP contribution in [0.5, 0.6) is 0 Å². The average molecular weight is 340 g/mol. The molecule has 0 aromatic carbocycles. The molecule has 130 valence electrons. The fraction of sp³-hybridized carbons (Fsp3) is 0.688. The van der Waals surface area contributed by atoms with Crippen LogP contribution < -0.4 is 10.6 Å². The second-order valence-electron chi connectivity index (χ2n) is 5.67. The Hall–Kier alpha value is -1.63. The fourth-order valence-corrected chi connectivity index (χ4v) is 2.81. The second kappa shape index (κ2) is 9.50. The van der Waals surface area contributed by atoms with Gasteiger partial charge in [-0.1, -0.05) is 13.8 Å². The summed E-state index contributed by atoms with van der Waals surface area (Å²) in [5, 5.41) is 7.41. The predicted octanol–water partition coefficient (Wildman–Crippen LogP) is 2.90. The Bertz CT molecular complexity index is 540. The van der Waals surface area contributed by atoms with E-state index >= 15 is 0 Å². The van der Waals surface area contributed by atoms with E-state index in [4.69, 9.17) is 4.74 Å². The molecule has 0 aliphatic carbocycles. The molecule has 7 heteroatoms. The summed E-state index contributed by atoms with van der Waals surface area (Å²) in [5.41, 5.74) is 0.709. The van der Waals surface area contributed by atoms with Crippen LogP contribution in [0.3, 0.4) is 0 Å². The zero-order valence-corrected chi connectivity index (χ0v) is 15.7. The minimum absolute atomic E-state index is 0.0353. The summed E-state index contributed by atoms with van der Waals surface area (Å²) in [5.74, 6) is 0.957. The first-order chi connectivity index (χ1) is 10.9. The van der Waals surface area contributed by atoms with E-state index < -0.39 is 0 Å². The normalized spacial score (nSPS) is 13.1. The van der Waals surface area contributed by atoms with Gasteiger partial charge in [-0.3, -0.25) is 4.99 Å². The maximum Gasteiger partial charge on any atom is 0.350 e. The van der Waals surface area contributed by atoms with Crippen molar-refractivity contribution in [3.63, 3.8) is 0 Å². The highest BCUT2D eigenvalue weighted by Crippen LogP contribution is 2.24. The molecule has 0 amide bonds. The van der Waals surface area contributed by atoms with E-state index in [1.165, 1.54) is 11.3 Å². The van der Waals surface area contributed by atoms with E-state index in [2.05, 4.69) is 34.5 Å². The number of carbonyl (C=O) groups is 1. The van der Waals surface area contributed by atoms with Gasteiger partial charge >= 0.3 is 5.97 Å². The molecule has 1 unspecified atom stereocenters. The van der Waals surface area contributed by atoms with Gasteiger partial charge in [0.2, 0.25) is 0 Å². The lowest BCUT2D eigenvalue weighted by Crippen LogP contribution is -2.39. The first-order valence-electron chi connectivity index (χ1n) is 8.08. The number of aromatic nitrogens is 1. The number of nitrogens with one attached hydrogen (secondary N) is 2. The van der Waals surface area contributed by atoms with E-state index in [0.717, 1.165) is 24.1 Å². The molecular weight excluding hydrogens is 312 g/mol. The monoisotopic (exact) mass is 340 g/mol. The lowest BCUT2D eigenvalue weighted by Gasteiger charge is -2.16. The highest BCUT2D eigenvalue weighted by Gasteiger charge is 2.20. The van der Waals surface area contributed by atoms with Crippen LogP contribution in [0.25, 0.3) is 0 Å². The molecule has 0 spiro atoms. The molecular formula is C16H28N4O2S. The Morgan fingerprint density at radius 2 is 2.04 bits per heavy atom. The Labute approximate surface area is 142 Å². The van der Waals surface area contributed by atoms with Crippen LogP contribution in [0.1, 0.15) is 61.0 Å². The van der Waals surface area contributed by atoms with Gasteiger partial charge in [0.05, 0.1) is 18.3 Å². The SMILES string of the molecule is CCNC(=NCC(C)C)NC(C)c1nc(C)c(C(=O)OCC)s1. The first-order valence-corrected chi connectivity index (χ1v) is 8.89. The lowest BCUT2D eigenvalue weighted by atomic mass is 10.2. The van der Waals surface area contributed by atoms with Gasteiger partial charge in [-0.2, -0.15) is 0 Å². The number of nitrogens with zero attached hydrogens (tertiary/aromatic N) is 2. The van der Waals surface area contributed by atoms with Crippen LogP contribution >= 0.6 is 11.3 Å². The number of aliphatic imine (C=N–C) groups is 1. The number of carbonyl (C=O) groups excluding carboxylic acids is 1. The molecule has 6 nitrogen and oxygen atoms in total. The zero-order valence-electron chi connectivity index (χ0n) is 14.9. The molecule has 0 aliphatic rings. The van der Waals surface area contributed by atoms with Crippen molar-refractivity contribution < 1.29 is 9.53 Å². The van der Waals surface area contributed by atoms with Crippen molar-refractivity contribution in [3.05, 3.63) is 15.6 Å². The van der Waals surface area contributed by atoms with Gasteiger partial charge < -0.3 is 15.4 Å². The molecule has 0 fully saturated rings. The zero-order chi connectivity index (χ0) is 17.4. The van der Waals surface area contributed by atoms with Crippen molar-refractivity contribution in [1.29, 1.82) is 0 Å². The van der Waals surface area contributed by atoms with Crippen LogP contribution in [-0.4, -0.2) is 36.6 Å². The lowest BCUT2D eigenvalue weighted by molar-refractivity contribution is 0.0531. The Kier molecular flexibility index (Phi) is 8.02. The number of guanidine groups is 1. The molecule has 23 heavy (non-hydrogen) atoms. The van der Waals surface area contributed by atoms with E-state index in [1.54, 1.807) is 6.92 Å². The second-order valence-corrected chi connectivity index (χ2v) is 6.70. The topological polar surface area (TPSA) is 75.6 Å². The van der Waals surface area contributed by atoms with E-state index in [-0.39, 0.29) is 12.0 Å². The summed E-state index contributed by atoms with van der Waals surface area (Å²) in [6.45, 7) is 13.8. The number of aryl methyl sites for hydroxylation is 1. The molecule has 0 radical (unpaired) electrons. The van der Waals surface area contributed by atoms with E-state index in [1.807, 2.05) is 20.8 Å². The largest absolute Gasteiger partial charge is 0.462 e. The summed E-state index contributed by atoms with van der Waals surface area (Å²) in [6, 6.07) is -0.0353. The third-order valence-corrected chi connectivity index (χ3v) is 4.28. The highest BCUT2D eigenvalue weighted by molar-refractivity contribution is 7.13. The van der Waals surface area contributed by atoms with Gasteiger partial charge in [-0.05, 0) is 33.6 Å². The summed E-state index contributed by atoms with van der Waals surface area (Å²) in [4.78, 5) is 21.5. The number of rotatable bonds is 7. The van der Waals surface area contributed by atoms with Crippen LogP contribution in [0.2, 0.25) is 0 Å². The molecule has 1 rings (SSSR count). The Morgan fingerprint density at radius 3 is 2.61 bits per heavy atom. The first kappa shape index (κ1) is 19.4. The van der Waals surface area contributed by atoms with Crippen molar-refractivity contribution in [1.82, 2.24) is 15.6 Å². The molecule has 0 saturated heterocycles. The Morgan fingerprint density at radius 1 is 1.35 bits per heavy atom. The predicted molar refractivity (Wildman–Crippen MR) is 95.2 cm³/mol. The molecule has 1 aromatic rings. The van der Waals surface area contributed by atoms with E-state index in [9.17, 15) is 4.79 Å².